The minimum Gasteiger partial charge on any atom is -0.339 e. The lowest BCUT2D eigenvalue weighted by Gasteiger charge is -2.34. The fourth-order valence-corrected chi connectivity index (χ4v) is 2.30. The van der Waals surface area contributed by atoms with E-state index in [1.807, 2.05) is 0 Å². The van der Waals surface area contributed by atoms with Crippen LogP contribution in [0.15, 0.2) is 22.9 Å². The van der Waals surface area contributed by atoms with E-state index in [1.165, 1.54) is 0 Å². The molecular weight excluding hydrogens is 298 g/mol. The number of nitrogens with zero attached hydrogens (tertiary/aromatic N) is 3. The Kier molecular flexibility index (Phi) is 3.96. The van der Waals surface area contributed by atoms with Crippen molar-refractivity contribution in [2.45, 2.75) is 6.92 Å². The van der Waals surface area contributed by atoms with Crippen LogP contribution in [-0.4, -0.2) is 52.8 Å². The van der Waals surface area contributed by atoms with Gasteiger partial charge in [0.15, 0.2) is 0 Å². The van der Waals surface area contributed by atoms with Gasteiger partial charge in [-0.15, -0.1) is 0 Å². The highest BCUT2D eigenvalue weighted by Gasteiger charge is 2.23. The molecule has 0 bridgehead atoms. The SMILES string of the molecule is CC(=O)N1CCN(C(=O)c2cncc(Br)c2)CC1. The van der Waals surface area contributed by atoms with E-state index in [1.54, 1.807) is 35.2 Å². The van der Waals surface area contributed by atoms with Crippen molar-refractivity contribution < 1.29 is 9.59 Å². The first kappa shape index (κ1) is 13.0. The van der Waals surface area contributed by atoms with Gasteiger partial charge >= 0.3 is 0 Å². The zero-order valence-corrected chi connectivity index (χ0v) is 11.7. The molecule has 1 fully saturated rings. The first-order chi connectivity index (χ1) is 8.58. The molecule has 0 spiro atoms. The van der Waals surface area contributed by atoms with E-state index in [0.29, 0.717) is 31.7 Å². The Morgan fingerprint density at radius 3 is 2.33 bits per heavy atom. The lowest BCUT2D eigenvalue weighted by molar-refractivity contribution is -0.130. The maximum absolute atomic E-state index is 12.2. The Balaban J connectivity index is 2.02. The Labute approximate surface area is 114 Å². The van der Waals surface area contributed by atoms with Crippen molar-refractivity contribution in [2.24, 2.45) is 0 Å². The lowest BCUT2D eigenvalue weighted by Crippen LogP contribution is -2.50. The van der Waals surface area contributed by atoms with E-state index in [-0.39, 0.29) is 11.8 Å². The van der Waals surface area contributed by atoms with Gasteiger partial charge < -0.3 is 9.80 Å². The van der Waals surface area contributed by atoms with Gasteiger partial charge in [-0.25, -0.2) is 0 Å². The second-order valence-electron chi connectivity index (χ2n) is 4.19. The van der Waals surface area contributed by atoms with Crippen LogP contribution in [0.3, 0.4) is 0 Å². The molecule has 0 N–H and O–H groups in total. The molecule has 0 unspecified atom stereocenters. The summed E-state index contributed by atoms with van der Waals surface area (Å²) in [7, 11) is 0. The molecule has 0 radical (unpaired) electrons. The maximum atomic E-state index is 12.2. The van der Waals surface area contributed by atoms with Crippen LogP contribution in [0.25, 0.3) is 0 Å². The van der Waals surface area contributed by atoms with Gasteiger partial charge in [0.1, 0.15) is 0 Å². The Bertz CT molecular complexity index is 470. The highest BCUT2D eigenvalue weighted by molar-refractivity contribution is 9.10. The van der Waals surface area contributed by atoms with E-state index >= 15 is 0 Å². The number of amides is 2. The summed E-state index contributed by atoms with van der Waals surface area (Å²) >= 11 is 3.30. The molecule has 0 saturated carbocycles. The highest BCUT2D eigenvalue weighted by Crippen LogP contribution is 2.13. The van der Waals surface area contributed by atoms with E-state index in [0.717, 1.165) is 4.47 Å². The molecule has 1 aromatic rings. The molecule has 2 rings (SSSR count). The van der Waals surface area contributed by atoms with Crippen LogP contribution in [0.4, 0.5) is 0 Å². The van der Waals surface area contributed by atoms with Crippen molar-refractivity contribution in [1.82, 2.24) is 14.8 Å². The summed E-state index contributed by atoms with van der Waals surface area (Å²) in [6.07, 6.45) is 3.20. The Morgan fingerprint density at radius 2 is 1.78 bits per heavy atom. The molecular formula is C12H14BrN3O2. The van der Waals surface area contributed by atoms with E-state index < -0.39 is 0 Å². The number of hydrogen-bond donors (Lipinski definition) is 0. The van der Waals surface area contributed by atoms with Crippen molar-refractivity contribution in [3.05, 3.63) is 28.5 Å². The van der Waals surface area contributed by atoms with E-state index in [4.69, 9.17) is 0 Å². The van der Waals surface area contributed by atoms with Crippen molar-refractivity contribution in [2.75, 3.05) is 26.2 Å². The number of hydrogen-bond acceptors (Lipinski definition) is 3. The average Bonchev–Trinajstić information content (AvgIpc) is 2.38. The Hall–Kier alpha value is -1.43. The minimum absolute atomic E-state index is 0.0352. The largest absolute Gasteiger partial charge is 0.339 e. The van der Waals surface area contributed by atoms with Gasteiger partial charge in [-0.05, 0) is 22.0 Å². The molecule has 5 nitrogen and oxygen atoms in total. The highest BCUT2D eigenvalue weighted by atomic mass is 79.9. The van der Waals surface area contributed by atoms with Crippen molar-refractivity contribution in [3.8, 4) is 0 Å². The zero-order valence-electron chi connectivity index (χ0n) is 10.1. The first-order valence-electron chi connectivity index (χ1n) is 5.73. The fourth-order valence-electron chi connectivity index (χ4n) is 1.94. The molecule has 0 aliphatic carbocycles. The molecule has 0 aromatic carbocycles. The van der Waals surface area contributed by atoms with Gasteiger partial charge in [-0.3, -0.25) is 14.6 Å². The van der Waals surface area contributed by atoms with Gasteiger partial charge in [0, 0.05) is 50.0 Å². The molecule has 2 amide bonds. The molecule has 2 heterocycles. The third kappa shape index (κ3) is 2.87. The quantitative estimate of drug-likeness (QED) is 0.782. The van der Waals surface area contributed by atoms with Gasteiger partial charge in [0.05, 0.1) is 5.56 Å². The minimum atomic E-state index is -0.0352. The monoisotopic (exact) mass is 311 g/mol. The molecule has 18 heavy (non-hydrogen) atoms. The molecule has 1 aromatic heterocycles. The smallest absolute Gasteiger partial charge is 0.255 e. The number of halogens is 1. The third-order valence-electron chi connectivity index (χ3n) is 2.96. The summed E-state index contributed by atoms with van der Waals surface area (Å²) in [6.45, 7) is 3.90. The third-order valence-corrected chi connectivity index (χ3v) is 3.40. The van der Waals surface area contributed by atoms with Crippen molar-refractivity contribution >= 4 is 27.7 Å². The summed E-state index contributed by atoms with van der Waals surface area (Å²) < 4.78 is 0.788. The number of rotatable bonds is 1. The molecule has 1 aliphatic rings. The van der Waals surface area contributed by atoms with Gasteiger partial charge in [0.25, 0.3) is 5.91 Å². The van der Waals surface area contributed by atoms with Crippen LogP contribution in [0.2, 0.25) is 0 Å². The molecule has 1 saturated heterocycles. The normalized spacial score (nSPS) is 15.7. The molecule has 96 valence electrons. The Morgan fingerprint density at radius 1 is 1.17 bits per heavy atom. The predicted octanol–water partition coefficient (Wildman–Crippen LogP) is 1.15. The van der Waals surface area contributed by atoms with Crippen molar-refractivity contribution in [1.29, 1.82) is 0 Å². The fraction of sp³-hybridized carbons (Fsp3) is 0.417. The molecule has 6 heteroatoms. The van der Waals surface area contributed by atoms with Gasteiger partial charge in [-0.1, -0.05) is 0 Å². The summed E-state index contributed by atoms with van der Waals surface area (Å²) in [5.41, 5.74) is 0.570. The van der Waals surface area contributed by atoms with Crippen molar-refractivity contribution in [3.63, 3.8) is 0 Å². The number of carbonyl (C=O) groups is 2. The second-order valence-corrected chi connectivity index (χ2v) is 5.11. The van der Waals surface area contributed by atoms with Crippen LogP contribution in [0.5, 0.6) is 0 Å². The second kappa shape index (κ2) is 5.48. The van der Waals surface area contributed by atoms with E-state index in [2.05, 4.69) is 20.9 Å². The van der Waals surface area contributed by atoms with Gasteiger partial charge in [-0.2, -0.15) is 0 Å². The van der Waals surface area contributed by atoms with Crippen LogP contribution in [0.1, 0.15) is 17.3 Å². The molecule has 1 aliphatic heterocycles. The summed E-state index contributed by atoms with van der Waals surface area (Å²) in [5, 5.41) is 0. The van der Waals surface area contributed by atoms with Crippen LogP contribution in [0, 0.1) is 0 Å². The van der Waals surface area contributed by atoms with Gasteiger partial charge in [0.2, 0.25) is 5.91 Å². The van der Waals surface area contributed by atoms with Crippen LogP contribution >= 0.6 is 15.9 Å². The first-order valence-corrected chi connectivity index (χ1v) is 6.52. The summed E-state index contributed by atoms with van der Waals surface area (Å²) in [5.74, 6) is 0.0261. The summed E-state index contributed by atoms with van der Waals surface area (Å²) in [6, 6.07) is 1.76. The molecule has 0 atom stereocenters. The number of carbonyl (C=O) groups excluding carboxylic acids is 2. The number of piperazine rings is 1. The number of pyridine rings is 1. The number of aromatic nitrogens is 1. The predicted molar refractivity (Wildman–Crippen MR) is 70.1 cm³/mol. The van der Waals surface area contributed by atoms with Crippen LogP contribution in [-0.2, 0) is 4.79 Å². The lowest BCUT2D eigenvalue weighted by atomic mass is 10.2. The maximum Gasteiger partial charge on any atom is 0.255 e. The van der Waals surface area contributed by atoms with Crippen LogP contribution < -0.4 is 0 Å². The standard InChI is InChI=1S/C12H14BrN3O2/c1-9(17)15-2-4-16(5-3-15)12(18)10-6-11(13)8-14-7-10/h6-8H,2-5H2,1H3. The zero-order chi connectivity index (χ0) is 13.1. The average molecular weight is 312 g/mol. The topological polar surface area (TPSA) is 53.5 Å². The summed E-state index contributed by atoms with van der Waals surface area (Å²) in [4.78, 5) is 30.9. The van der Waals surface area contributed by atoms with E-state index in [9.17, 15) is 9.59 Å².